The quantitative estimate of drug-likeness (QED) is 0.695. The van der Waals surface area contributed by atoms with E-state index < -0.39 is 21.7 Å². The van der Waals surface area contributed by atoms with Gasteiger partial charge in [0.25, 0.3) is 15.9 Å². The number of anilines is 2. The summed E-state index contributed by atoms with van der Waals surface area (Å²) in [6.45, 7) is 1.69. The van der Waals surface area contributed by atoms with Crippen molar-refractivity contribution in [3.05, 3.63) is 64.9 Å². The fraction of sp³-hybridized carbons (Fsp3) is 0.0625. The topological polar surface area (TPSA) is 101 Å². The largest absolute Gasteiger partial charge is 0.296 e. The van der Waals surface area contributed by atoms with E-state index in [1.165, 1.54) is 35.8 Å². The highest BCUT2D eigenvalue weighted by molar-refractivity contribution is 7.92. The molecule has 0 aliphatic heterocycles. The molecule has 1 heterocycles. The number of halogens is 1. The van der Waals surface area contributed by atoms with E-state index in [0.29, 0.717) is 10.7 Å². The summed E-state index contributed by atoms with van der Waals surface area (Å²) in [5, 5.41) is 10.2. The van der Waals surface area contributed by atoms with Crippen molar-refractivity contribution >= 4 is 38.1 Å². The number of benzene rings is 2. The zero-order chi connectivity index (χ0) is 18.7. The summed E-state index contributed by atoms with van der Waals surface area (Å²) in [4.78, 5) is 12.3. The summed E-state index contributed by atoms with van der Waals surface area (Å²) >= 11 is 1.15. The number of nitrogens with zero attached hydrogens (tertiary/aromatic N) is 2. The number of carbonyl (C=O) groups excluding carboxylic acids is 1. The smallest absolute Gasteiger partial charge is 0.261 e. The van der Waals surface area contributed by atoms with E-state index in [-0.39, 0.29) is 16.1 Å². The number of aryl methyl sites for hydroxylation is 1. The maximum absolute atomic E-state index is 13.0. The summed E-state index contributed by atoms with van der Waals surface area (Å²) in [5.41, 5.74) is 2.48. The Kier molecular flexibility index (Phi) is 4.96. The van der Waals surface area contributed by atoms with Crippen LogP contribution in [0.2, 0.25) is 0 Å². The van der Waals surface area contributed by atoms with Gasteiger partial charge in [0.2, 0.25) is 5.13 Å². The summed E-state index contributed by atoms with van der Waals surface area (Å²) < 4.78 is 40.4. The zero-order valence-corrected chi connectivity index (χ0v) is 15.1. The van der Waals surface area contributed by atoms with Gasteiger partial charge < -0.3 is 0 Å². The molecule has 3 aromatic rings. The zero-order valence-electron chi connectivity index (χ0n) is 13.4. The Morgan fingerprint density at radius 2 is 1.88 bits per heavy atom. The highest BCUT2D eigenvalue weighted by Crippen LogP contribution is 2.21. The van der Waals surface area contributed by atoms with Gasteiger partial charge in [-0.1, -0.05) is 17.4 Å². The van der Waals surface area contributed by atoms with E-state index in [4.69, 9.17) is 0 Å². The van der Waals surface area contributed by atoms with Gasteiger partial charge in [-0.3, -0.25) is 14.8 Å². The lowest BCUT2D eigenvalue weighted by molar-refractivity contribution is 0.102. The van der Waals surface area contributed by atoms with Gasteiger partial charge in [-0.25, -0.2) is 12.8 Å². The van der Waals surface area contributed by atoms with E-state index in [0.717, 1.165) is 23.5 Å². The van der Waals surface area contributed by atoms with Crippen LogP contribution < -0.4 is 10.0 Å². The summed E-state index contributed by atoms with van der Waals surface area (Å²) in [5.74, 6) is -0.961. The number of sulfonamides is 1. The van der Waals surface area contributed by atoms with Gasteiger partial charge in [-0.2, -0.15) is 0 Å². The second kappa shape index (κ2) is 7.18. The molecule has 134 valence electrons. The third-order valence-electron chi connectivity index (χ3n) is 3.44. The highest BCUT2D eigenvalue weighted by Gasteiger charge is 2.19. The molecular weight excluding hydrogens is 379 g/mol. The number of amides is 1. The first-order valence-corrected chi connectivity index (χ1v) is 9.68. The first-order chi connectivity index (χ1) is 12.3. The molecule has 0 atom stereocenters. The second-order valence-electron chi connectivity index (χ2n) is 5.29. The van der Waals surface area contributed by atoms with Crippen molar-refractivity contribution in [3.63, 3.8) is 0 Å². The Balaban J connectivity index is 1.88. The summed E-state index contributed by atoms with van der Waals surface area (Å²) in [6, 6.07) is 9.12. The van der Waals surface area contributed by atoms with Crippen LogP contribution >= 0.6 is 11.3 Å². The molecule has 1 amide bonds. The average molecular weight is 392 g/mol. The number of hydrogen-bond acceptors (Lipinski definition) is 6. The molecule has 0 spiro atoms. The molecule has 3 rings (SSSR count). The molecule has 0 radical (unpaired) electrons. The number of aromatic nitrogens is 2. The molecular formula is C16H13FN4O3S2. The van der Waals surface area contributed by atoms with Crippen LogP contribution in [0.1, 0.15) is 15.9 Å². The van der Waals surface area contributed by atoms with Crippen molar-refractivity contribution in [1.29, 1.82) is 0 Å². The van der Waals surface area contributed by atoms with Crippen molar-refractivity contribution in [1.82, 2.24) is 10.2 Å². The Bertz CT molecular complexity index is 1040. The molecule has 0 aliphatic rings. The van der Waals surface area contributed by atoms with Gasteiger partial charge in [0.05, 0.1) is 4.90 Å². The molecule has 0 saturated carbocycles. The Morgan fingerprint density at radius 3 is 2.54 bits per heavy atom. The molecule has 2 N–H and O–H groups in total. The first kappa shape index (κ1) is 18.0. The van der Waals surface area contributed by atoms with E-state index in [1.807, 2.05) is 0 Å². The fourth-order valence-corrected chi connectivity index (χ4v) is 3.66. The van der Waals surface area contributed by atoms with E-state index in [1.54, 1.807) is 6.92 Å². The lowest BCUT2D eigenvalue weighted by Crippen LogP contribution is -2.17. The molecule has 10 heteroatoms. The molecule has 0 aliphatic carbocycles. The molecule has 26 heavy (non-hydrogen) atoms. The van der Waals surface area contributed by atoms with Crippen molar-refractivity contribution in [2.75, 3.05) is 10.0 Å². The SMILES string of the molecule is Cc1ccc(S(=O)(=O)Nc2ccc(F)cc2)cc1C(=O)Nc1nncs1. The van der Waals surface area contributed by atoms with Crippen molar-refractivity contribution in [2.45, 2.75) is 11.8 Å². The van der Waals surface area contributed by atoms with Gasteiger partial charge in [0, 0.05) is 11.3 Å². The van der Waals surface area contributed by atoms with Gasteiger partial charge in [-0.15, -0.1) is 10.2 Å². The first-order valence-electron chi connectivity index (χ1n) is 7.32. The van der Waals surface area contributed by atoms with Crippen LogP contribution in [-0.4, -0.2) is 24.5 Å². The maximum atomic E-state index is 13.0. The number of nitrogens with one attached hydrogen (secondary N) is 2. The minimum atomic E-state index is -3.94. The molecule has 2 aromatic carbocycles. The molecule has 0 bridgehead atoms. The van der Waals surface area contributed by atoms with Gasteiger partial charge in [0.1, 0.15) is 11.3 Å². The Labute approximate surface area is 153 Å². The second-order valence-corrected chi connectivity index (χ2v) is 7.80. The van der Waals surface area contributed by atoms with Crippen LogP contribution in [0.25, 0.3) is 0 Å². The molecule has 1 aromatic heterocycles. The van der Waals surface area contributed by atoms with Crippen molar-refractivity contribution in [2.24, 2.45) is 0 Å². The predicted molar refractivity (Wildman–Crippen MR) is 96.2 cm³/mol. The molecule has 0 unspecified atom stereocenters. The minimum absolute atomic E-state index is 0.0881. The molecule has 0 fully saturated rings. The average Bonchev–Trinajstić information content (AvgIpc) is 3.10. The van der Waals surface area contributed by atoms with Crippen molar-refractivity contribution < 1.29 is 17.6 Å². The van der Waals surface area contributed by atoms with E-state index in [2.05, 4.69) is 20.2 Å². The lowest BCUT2D eigenvalue weighted by Gasteiger charge is -2.11. The van der Waals surface area contributed by atoms with E-state index >= 15 is 0 Å². The van der Waals surface area contributed by atoms with Crippen LogP contribution in [-0.2, 0) is 10.0 Å². The predicted octanol–water partition coefficient (Wildman–Crippen LogP) is 3.04. The number of hydrogen-bond donors (Lipinski definition) is 2. The Hall–Kier alpha value is -2.85. The third kappa shape index (κ3) is 4.03. The molecule has 0 saturated heterocycles. The molecule has 7 nitrogen and oxygen atoms in total. The van der Waals surface area contributed by atoms with Gasteiger partial charge >= 0.3 is 0 Å². The maximum Gasteiger partial charge on any atom is 0.261 e. The van der Waals surface area contributed by atoms with Crippen LogP contribution in [0.4, 0.5) is 15.2 Å². The van der Waals surface area contributed by atoms with Crippen LogP contribution in [0.15, 0.2) is 52.9 Å². The van der Waals surface area contributed by atoms with Gasteiger partial charge in [-0.05, 0) is 48.9 Å². The summed E-state index contributed by atoms with van der Waals surface area (Å²) in [6.07, 6.45) is 0. The number of carbonyl (C=O) groups is 1. The van der Waals surface area contributed by atoms with Crippen molar-refractivity contribution in [3.8, 4) is 0 Å². The standard InChI is InChI=1S/C16H13FN4O3S2/c1-10-2-7-13(8-14(10)15(22)19-16-20-18-9-25-16)26(23,24)21-12-5-3-11(17)4-6-12/h2-9,21H,1H3,(H,19,20,22). The van der Waals surface area contributed by atoms with Crippen LogP contribution in [0.5, 0.6) is 0 Å². The third-order valence-corrected chi connectivity index (χ3v) is 5.43. The lowest BCUT2D eigenvalue weighted by atomic mass is 10.1. The normalized spacial score (nSPS) is 11.2. The van der Waals surface area contributed by atoms with E-state index in [9.17, 15) is 17.6 Å². The summed E-state index contributed by atoms with van der Waals surface area (Å²) in [7, 11) is -3.94. The minimum Gasteiger partial charge on any atom is -0.296 e. The van der Waals surface area contributed by atoms with Gasteiger partial charge in [0.15, 0.2) is 0 Å². The highest BCUT2D eigenvalue weighted by atomic mass is 32.2. The monoisotopic (exact) mass is 392 g/mol. The fourth-order valence-electron chi connectivity index (χ4n) is 2.14. The van der Waals surface area contributed by atoms with Crippen LogP contribution in [0, 0.1) is 12.7 Å². The number of rotatable bonds is 5. The Morgan fingerprint density at radius 1 is 1.15 bits per heavy atom. The van der Waals surface area contributed by atoms with Crippen LogP contribution in [0.3, 0.4) is 0 Å².